The van der Waals surface area contributed by atoms with Gasteiger partial charge in [0.15, 0.2) is 0 Å². The molecule has 1 saturated carbocycles. The number of pyridine rings is 2. The van der Waals surface area contributed by atoms with Crippen molar-refractivity contribution in [3.8, 4) is 6.07 Å². The number of rotatable bonds is 5. The molecule has 0 bridgehead atoms. The fourth-order valence-corrected chi connectivity index (χ4v) is 3.80. The van der Waals surface area contributed by atoms with Gasteiger partial charge in [-0.1, -0.05) is 0 Å². The summed E-state index contributed by atoms with van der Waals surface area (Å²) in [6.45, 7) is 2.30. The van der Waals surface area contributed by atoms with Gasteiger partial charge < -0.3 is 16.0 Å². The minimum absolute atomic E-state index is 0.116. The predicted octanol–water partition coefficient (Wildman–Crippen LogP) is 2.28. The maximum absolute atomic E-state index is 13.0. The first-order valence-corrected chi connectivity index (χ1v) is 9.17. The van der Waals surface area contributed by atoms with E-state index >= 15 is 0 Å². The molecule has 3 N–H and O–H groups in total. The Balaban J connectivity index is 1.56. The Kier molecular flexibility index (Phi) is 4.23. The largest absolute Gasteiger partial charge is 0.366 e. The van der Waals surface area contributed by atoms with Crippen molar-refractivity contribution in [1.29, 1.82) is 5.26 Å². The Labute approximate surface area is 162 Å². The SMILES string of the molecule is Cc1cc(Nc2cc(N3CC[C@@](C#N)(C4CC4)C3=O)ccn2)ncc1C(N)=O. The fraction of sp³-hybridized carbons (Fsp3) is 0.350. The number of aryl methyl sites for hydroxylation is 1. The molecule has 1 atom stereocenters. The van der Waals surface area contributed by atoms with Crippen LogP contribution >= 0.6 is 0 Å². The van der Waals surface area contributed by atoms with Crippen LogP contribution in [0.1, 0.15) is 35.2 Å². The lowest BCUT2D eigenvalue weighted by atomic mass is 9.83. The van der Waals surface area contributed by atoms with Gasteiger partial charge >= 0.3 is 0 Å². The van der Waals surface area contributed by atoms with Crippen LogP contribution in [0.2, 0.25) is 0 Å². The van der Waals surface area contributed by atoms with E-state index in [9.17, 15) is 14.9 Å². The first-order chi connectivity index (χ1) is 13.4. The number of primary amides is 1. The highest BCUT2D eigenvalue weighted by Gasteiger charge is 2.56. The van der Waals surface area contributed by atoms with Crippen molar-refractivity contribution in [3.05, 3.63) is 41.7 Å². The highest BCUT2D eigenvalue weighted by molar-refractivity contribution is 6.02. The highest BCUT2D eigenvalue weighted by atomic mass is 16.2. The Morgan fingerprint density at radius 2 is 2.11 bits per heavy atom. The standard InChI is InChI=1S/C20H20N6O2/c1-12-8-16(24-10-15(12)18(22)27)25-17-9-14(4-6-23-17)26-7-5-20(11-21,19(26)28)13-2-3-13/h4,6,8-10,13H,2-3,5,7H2,1H3,(H2,22,27)(H,23,24,25)/t20-/m1/s1. The summed E-state index contributed by atoms with van der Waals surface area (Å²) in [6.07, 6.45) is 5.49. The van der Waals surface area contributed by atoms with Crippen LogP contribution in [0.15, 0.2) is 30.6 Å². The van der Waals surface area contributed by atoms with Crippen LogP contribution < -0.4 is 16.0 Å². The maximum Gasteiger partial charge on any atom is 0.250 e. The molecular formula is C20H20N6O2. The lowest BCUT2D eigenvalue weighted by Gasteiger charge is -2.21. The van der Waals surface area contributed by atoms with Gasteiger partial charge in [0, 0.05) is 30.7 Å². The van der Waals surface area contributed by atoms with Crippen molar-refractivity contribution in [3.63, 3.8) is 0 Å². The monoisotopic (exact) mass is 376 g/mol. The summed E-state index contributed by atoms with van der Waals surface area (Å²) in [7, 11) is 0. The Bertz CT molecular complexity index is 1010. The number of hydrogen-bond acceptors (Lipinski definition) is 6. The average Bonchev–Trinajstić information content (AvgIpc) is 3.46. The number of carbonyl (C=O) groups excluding carboxylic acids is 2. The van der Waals surface area contributed by atoms with Gasteiger partial charge in [0.2, 0.25) is 5.91 Å². The van der Waals surface area contributed by atoms with Crippen LogP contribution in [0.25, 0.3) is 0 Å². The number of nitrogens with two attached hydrogens (primary N) is 1. The van der Waals surface area contributed by atoms with E-state index < -0.39 is 11.3 Å². The zero-order chi connectivity index (χ0) is 19.9. The van der Waals surface area contributed by atoms with E-state index in [1.165, 1.54) is 6.20 Å². The van der Waals surface area contributed by atoms with Crippen LogP contribution in [0.5, 0.6) is 0 Å². The minimum Gasteiger partial charge on any atom is -0.366 e. The van der Waals surface area contributed by atoms with E-state index in [4.69, 9.17) is 5.73 Å². The molecule has 28 heavy (non-hydrogen) atoms. The van der Waals surface area contributed by atoms with Crippen LogP contribution in [-0.2, 0) is 4.79 Å². The molecule has 4 rings (SSSR count). The van der Waals surface area contributed by atoms with Gasteiger partial charge in [-0.25, -0.2) is 9.97 Å². The zero-order valence-electron chi connectivity index (χ0n) is 15.5. The molecule has 8 heteroatoms. The Morgan fingerprint density at radius 1 is 1.36 bits per heavy atom. The lowest BCUT2D eigenvalue weighted by molar-refractivity contribution is -0.123. The van der Waals surface area contributed by atoms with Gasteiger partial charge in [0.1, 0.15) is 17.1 Å². The van der Waals surface area contributed by atoms with E-state index in [0.717, 1.165) is 12.8 Å². The Hall–Kier alpha value is -3.47. The average molecular weight is 376 g/mol. The third kappa shape index (κ3) is 2.95. The van der Waals surface area contributed by atoms with Gasteiger partial charge in [-0.15, -0.1) is 0 Å². The topological polar surface area (TPSA) is 125 Å². The summed E-state index contributed by atoms with van der Waals surface area (Å²) < 4.78 is 0. The lowest BCUT2D eigenvalue weighted by Crippen LogP contribution is -2.35. The van der Waals surface area contributed by atoms with E-state index in [1.807, 2.05) is 0 Å². The number of nitriles is 1. The van der Waals surface area contributed by atoms with Gasteiger partial charge in [-0.05, 0) is 49.8 Å². The molecule has 2 aliphatic rings. The molecule has 142 valence electrons. The summed E-state index contributed by atoms with van der Waals surface area (Å²) in [4.78, 5) is 34.4. The second kappa shape index (κ2) is 6.60. The zero-order valence-corrected chi connectivity index (χ0v) is 15.5. The maximum atomic E-state index is 13.0. The van der Waals surface area contributed by atoms with Crippen molar-refractivity contribution in [2.75, 3.05) is 16.8 Å². The molecule has 2 aromatic rings. The Morgan fingerprint density at radius 3 is 2.75 bits per heavy atom. The van der Waals surface area contributed by atoms with Crippen molar-refractivity contribution in [2.45, 2.75) is 26.2 Å². The molecule has 0 unspecified atom stereocenters. The first-order valence-electron chi connectivity index (χ1n) is 9.17. The van der Waals surface area contributed by atoms with Gasteiger partial charge in [-0.2, -0.15) is 5.26 Å². The number of nitrogens with one attached hydrogen (secondary N) is 1. The van der Waals surface area contributed by atoms with Gasteiger partial charge in [-0.3, -0.25) is 9.59 Å². The number of amides is 2. The van der Waals surface area contributed by atoms with Crippen LogP contribution in [0, 0.1) is 29.6 Å². The summed E-state index contributed by atoms with van der Waals surface area (Å²) >= 11 is 0. The van der Waals surface area contributed by atoms with E-state index in [-0.39, 0.29) is 11.8 Å². The summed E-state index contributed by atoms with van der Waals surface area (Å²) in [5.41, 5.74) is 6.20. The second-order valence-electron chi connectivity index (χ2n) is 7.34. The van der Waals surface area contributed by atoms with Crippen molar-refractivity contribution in [2.24, 2.45) is 17.1 Å². The third-order valence-corrected chi connectivity index (χ3v) is 5.52. The molecule has 2 amide bonds. The van der Waals surface area contributed by atoms with Crippen molar-refractivity contribution >= 4 is 29.1 Å². The quantitative estimate of drug-likeness (QED) is 0.825. The highest BCUT2D eigenvalue weighted by Crippen LogP contribution is 2.51. The van der Waals surface area contributed by atoms with Gasteiger partial charge in [0.05, 0.1) is 11.6 Å². The number of nitrogens with zero attached hydrogens (tertiary/aromatic N) is 4. The molecule has 3 heterocycles. The molecule has 1 saturated heterocycles. The van der Waals surface area contributed by atoms with Crippen LogP contribution in [-0.4, -0.2) is 28.3 Å². The molecule has 0 aromatic carbocycles. The van der Waals surface area contributed by atoms with E-state index in [0.29, 0.717) is 41.4 Å². The van der Waals surface area contributed by atoms with Crippen molar-refractivity contribution < 1.29 is 9.59 Å². The molecule has 0 radical (unpaired) electrons. The normalized spacial score (nSPS) is 21.4. The van der Waals surface area contributed by atoms with Crippen LogP contribution in [0.3, 0.4) is 0 Å². The fourth-order valence-electron chi connectivity index (χ4n) is 3.80. The van der Waals surface area contributed by atoms with Crippen LogP contribution in [0.4, 0.5) is 17.3 Å². The molecule has 1 aliphatic carbocycles. The summed E-state index contributed by atoms with van der Waals surface area (Å²) in [5, 5.41) is 12.7. The van der Waals surface area contributed by atoms with Gasteiger partial charge in [0.25, 0.3) is 5.91 Å². The second-order valence-corrected chi connectivity index (χ2v) is 7.34. The number of aromatic nitrogens is 2. The summed E-state index contributed by atoms with van der Waals surface area (Å²) in [6, 6.07) is 7.53. The predicted molar refractivity (Wildman–Crippen MR) is 103 cm³/mol. The van der Waals surface area contributed by atoms with E-state index in [1.54, 1.807) is 36.2 Å². The molecule has 8 nitrogen and oxygen atoms in total. The first kappa shape index (κ1) is 17.9. The van der Waals surface area contributed by atoms with Crippen molar-refractivity contribution in [1.82, 2.24) is 9.97 Å². The summed E-state index contributed by atoms with van der Waals surface area (Å²) in [5.74, 6) is 0.579. The minimum atomic E-state index is -0.875. The number of anilines is 3. The van der Waals surface area contributed by atoms with E-state index in [2.05, 4.69) is 21.4 Å². The molecule has 2 aromatic heterocycles. The molecular weight excluding hydrogens is 356 g/mol. The number of carbonyl (C=O) groups is 2. The molecule has 0 spiro atoms. The number of hydrogen-bond donors (Lipinski definition) is 2. The molecule has 1 aliphatic heterocycles. The third-order valence-electron chi connectivity index (χ3n) is 5.52. The molecule has 2 fully saturated rings. The smallest absolute Gasteiger partial charge is 0.250 e.